The first-order valence-electron chi connectivity index (χ1n) is 5.19. The van der Waals surface area contributed by atoms with Crippen LogP contribution in [0.4, 0.5) is 4.79 Å². The lowest BCUT2D eigenvalue weighted by Crippen LogP contribution is -2.30. The van der Waals surface area contributed by atoms with Gasteiger partial charge < -0.3 is 15.4 Å². The highest BCUT2D eigenvalue weighted by Gasteiger charge is 2.10. The van der Waals surface area contributed by atoms with E-state index in [1.165, 1.54) is 0 Å². The number of carbonyl (C=O) groups is 1. The summed E-state index contributed by atoms with van der Waals surface area (Å²) in [6.07, 6.45) is 2.78. The molecule has 0 heterocycles. The van der Waals surface area contributed by atoms with Crippen molar-refractivity contribution in [2.75, 3.05) is 20.1 Å². The number of ether oxygens (including phenoxy) is 1. The zero-order chi connectivity index (χ0) is 11.0. The maximum atomic E-state index is 11.3. The van der Waals surface area contributed by atoms with Crippen molar-refractivity contribution in [1.82, 2.24) is 4.90 Å². The molecule has 1 amide bonds. The number of hydrogen-bond donors (Lipinski definition) is 1. The predicted octanol–water partition coefficient (Wildman–Crippen LogP) is 1.59. The average Bonchev–Trinajstić information content (AvgIpc) is 2.11. The van der Waals surface area contributed by atoms with Crippen LogP contribution in [-0.2, 0) is 4.74 Å². The van der Waals surface area contributed by atoms with Crippen LogP contribution in [0.2, 0.25) is 0 Å². The van der Waals surface area contributed by atoms with Gasteiger partial charge >= 0.3 is 6.09 Å². The minimum absolute atomic E-state index is 0.0472. The lowest BCUT2D eigenvalue weighted by atomic mass is 10.2. The van der Waals surface area contributed by atoms with E-state index in [1.807, 2.05) is 13.8 Å². The molecule has 84 valence electrons. The molecule has 0 radical (unpaired) electrons. The smallest absolute Gasteiger partial charge is 0.409 e. The Bertz CT molecular complexity index is 160. The van der Waals surface area contributed by atoms with Crippen LogP contribution in [0.5, 0.6) is 0 Å². The van der Waals surface area contributed by atoms with Gasteiger partial charge in [-0.2, -0.15) is 0 Å². The Morgan fingerprint density at radius 3 is 2.50 bits per heavy atom. The molecule has 0 aromatic heterocycles. The zero-order valence-corrected chi connectivity index (χ0v) is 9.45. The van der Waals surface area contributed by atoms with Crippen molar-refractivity contribution in [2.24, 2.45) is 5.73 Å². The van der Waals surface area contributed by atoms with E-state index in [4.69, 9.17) is 10.5 Å². The van der Waals surface area contributed by atoms with E-state index in [-0.39, 0.29) is 12.2 Å². The zero-order valence-electron chi connectivity index (χ0n) is 9.45. The summed E-state index contributed by atoms with van der Waals surface area (Å²) in [5, 5.41) is 0. The molecule has 4 nitrogen and oxygen atoms in total. The first-order valence-corrected chi connectivity index (χ1v) is 5.19. The van der Waals surface area contributed by atoms with Crippen LogP contribution in [-0.4, -0.2) is 37.2 Å². The quantitative estimate of drug-likeness (QED) is 0.665. The minimum Gasteiger partial charge on any atom is -0.447 e. The first-order chi connectivity index (χ1) is 6.57. The van der Waals surface area contributed by atoms with Gasteiger partial charge in [0.15, 0.2) is 0 Å². The van der Waals surface area contributed by atoms with Crippen molar-refractivity contribution in [2.45, 2.75) is 39.2 Å². The van der Waals surface area contributed by atoms with Gasteiger partial charge in [0, 0.05) is 13.6 Å². The molecule has 0 atom stereocenters. The van der Waals surface area contributed by atoms with Gasteiger partial charge in [-0.25, -0.2) is 4.79 Å². The van der Waals surface area contributed by atoms with E-state index in [0.717, 1.165) is 32.4 Å². The van der Waals surface area contributed by atoms with Gasteiger partial charge in [0.25, 0.3) is 0 Å². The van der Waals surface area contributed by atoms with Crippen molar-refractivity contribution in [1.29, 1.82) is 0 Å². The standard InChI is InChI=1S/C10H22N2O2/c1-9(2)14-10(13)12(3)8-6-4-5-7-11/h9H,4-8,11H2,1-3H3. The molecule has 0 aliphatic rings. The Morgan fingerprint density at radius 1 is 1.36 bits per heavy atom. The van der Waals surface area contributed by atoms with Crippen LogP contribution >= 0.6 is 0 Å². The summed E-state index contributed by atoms with van der Waals surface area (Å²) < 4.78 is 5.03. The van der Waals surface area contributed by atoms with E-state index in [0.29, 0.717) is 0 Å². The summed E-state index contributed by atoms with van der Waals surface area (Å²) in [6, 6.07) is 0. The van der Waals surface area contributed by atoms with Gasteiger partial charge in [-0.1, -0.05) is 6.42 Å². The summed E-state index contributed by atoms with van der Waals surface area (Å²) in [4.78, 5) is 12.9. The van der Waals surface area contributed by atoms with E-state index in [2.05, 4.69) is 0 Å². The lowest BCUT2D eigenvalue weighted by molar-refractivity contribution is 0.0836. The van der Waals surface area contributed by atoms with Gasteiger partial charge in [-0.3, -0.25) is 0 Å². The van der Waals surface area contributed by atoms with Gasteiger partial charge in [-0.05, 0) is 33.2 Å². The number of unbranched alkanes of at least 4 members (excludes halogenated alkanes) is 2. The second kappa shape index (κ2) is 7.62. The Kier molecular flexibility index (Phi) is 7.20. The molecule has 0 spiro atoms. The SMILES string of the molecule is CC(C)OC(=O)N(C)CCCCCN. The van der Waals surface area contributed by atoms with E-state index in [1.54, 1.807) is 11.9 Å². The highest BCUT2D eigenvalue weighted by atomic mass is 16.6. The Labute approximate surface area is 86.4 Å². The molecule has 0 aromatic rings. The molecular weight excluding hydrogens is 180 g/mol. The number of nitrogens with zero attached hydrogens (tertiary/aromatic N) is 1. The van der Waals surface area contributed by atoms with Crippen molar-refractivity contribution in [3.05, 3.63) is 0 Å². The van der Waals surface area contributed by atoms with E-state index < -0.39 is 0 Å². The third-order valence-corrected chi connectivity index (χ3v) is 1.85. The Hall–Kier alpha value is -0.770. The summed E-state index contributed by atoms with van der Waals surface area (Å²) in [7, 11) is 1.76. The highest BCUT2D eigenvalue weighted by Crippen LogP contribution is 2.00. The molecule has 4 heteroatoms. The monoisotopic (exact) mass is 202 g/mol. The van der Waals surface area contributed by atoms with E-state index >= 15 is 0 Å². The average molecular weight is 202 g/mol. The lowest BCUT2D eigenvalue weighted by Gasteiger charge is -2.18. The van der Waals surface area contributed by atoms with Gasteiger partial charge in [0.05, 0.1) is 6.10 Å². The third kappa shape index (κ3) is 6.71. The summed E-state index contributed by atoms with van der Waals surface area (Å²) in [5.41, 5.74) is 5.37. The van der Waals surface area contributed by atoms with Crippen molar-refractivity contribution < 1.29 is 9.53 Å². The normalized spacial score (nSPS) is 10.4. The summed E-state index contributed by atoms with van der Waals surface area (Å²) >= 11 is 0. The van der Waals surface area contributed by atoms with Crippen LogP contribution in [0.3, 0.4) is 0 Å². The molecule has 0 aliphatic carbocycles. The molecule has 0 unspecified atom stereocenters. The first kappa shape index (κ1) is 13.2. The molecule has 0 rings (SSSR count). The molecule has 0 aliphatic heterocycles. The topological polar surface area (TPSA) is 55.6 Å². The second-order valence-corrected chi connectivity index (χ2v) is 3.70. The van der Waals surface area contributed by atoms with Crippen molar-refractivity contribution >= 4 is 6.09 Å². The second-order valence-electron chi connectivity index (χ2n) is 3.70. The molecular formula is C10H22N2O2. The number of amides is 1. The molecule has 0 fully saturated rings. The molecule has 14 heavy (non-hydrogen) atoms. The van der Waals surface area contributed by atoms with Crippen LogP contribution in [0.15, 0.2) is 0 Å². The number of nitrogens with two attached hydrogens (primary N) is 1. The number of carbonyl (C=O) groups excluding carboxylic acids is 1. The van der Waals surface area contributed by atoms with Crippen molar-refractivity contribution in [3.63, 3.8) is 0 Å². The van der Waals surface area contributed by atoms with Gasteiger partial charge in [-0.15, -0.1) is 0 Å². The maximum absolute atomic E-state index is 11.3. The van der Waals surface area contributed by atoms with Crippen LogP contribution in [0, 0.1) is 0 Å². The number of hydrogen-bond acceptors (Lipinski definition) is 3. The van der Waals surface area contributed by atoms with Crippen molar-refractivity contribution in [3.8, 4) is 0 Å². The fourth-order valence-electron chi connectivity index (χ4n) is 1.05. The predicted molar refractivity (Wildman–Crippen MR) is 57.2 cm³/mol. The summed E-state index contributed by atoms with van der Waals surface area (Å²) in [5.74, 6) is 0. The highest BCUT2D eigenvalue weighted by molar-refractivity contribution is 5.67. The third-order valence-electron chi connectivity index (χ3n) is 1.85. The Morgan fingerprint density at radius 2 is 2.00 bits per heavy atom. The number of rotatable bonds is 6. The van der Waals surface area contributed by atoms with Gasteiger partial charge in [0.2, 0.25) is 0 Å². The molecule has 0 saturated carbocycles. The van der Waals surface area contributed by atoms with E-state index in [9.17, 15) is 4.79 Å². The fourth-order valence-corrected chi connectivity index (χ4v) is 1.05. The Balaban J connectivity index is 3.52. The molecule has 2 N–H and O–H groups in total. The van der Waals surface area contributed by atoms with Gasteiger partial charge in [0.1, 0.15) is 0 Å². The molecule has 0 saturated heterocycles. The largest absolute Gasteiger partial charge is 0.447 e. The minimum atomic E-state index is -0.243. The molecule has 0 aromatic carbocycles. The van der Waals surface area contributed by atoms with Crippen LogP contribution in [0.1, 0.15) is 33.1 Å². The van der Waals surface area contributed by atoms with Crippen LogP contribution < -0.4 is 5.73 Å². The molecule has 0 bridgehead atoms. The summed E-state index contributed by atoms with van der Waals surface area (Å²) in [6.45, 7) is 5.16. The van der Waals surface area contributed by atoms with Crippen LogP contribution in [0.25, 0.3) is 0 Å². The maximum Gasteiger partial charge on any atom is 0.409 e. The fraction of sp³-hybridized carbons (Fsp3) is 0.900.